The molecular formula is C13H19N5S. The molecule has 1 aliphatic carbocycles. The first-order valence-electron chi connectivity index (χ1n) is 6.75. The summed E-state index contributed by atoms with van der Waals surface area (Å²) in [5.41, 5.74) is 9.02. The van der Waals surface area contributed by atoms with Crippen molar-refractivity contribution in [2.45, 2.75) is 42.7 Å². The van der Waals surface area contributed by atoms with Crippen molar-refractivity contribution in [2.75, 3.05) is 12.8 Å². The van der Waals surface area contributed by atoms with Gasteiger partial charge in [0.2, 0.25) is 0 Å². The number of nitrogens with two attached hydrogens (primary N) is 1. The molecule has 19 heavy (non-hydrogen) atoms. The van der Waals surface area contributed by atoms with Crippen molar-refractivity contribution >= 4 is 22.8 Å². The van der Waals surface area contributed by atoms with Crippen LogP contribution in [0, 0.1) is 0 Å². The van der Waals surface area contributed by atoms with Crippen LogP contribution in [0.2, 0.25) is 0 Å². The van der Waals surface area contributed by atoms with Crippen LogP contribution in [-0.2, 0) is 5.41 Å². The Labute approximate surface area is 116 Å². The van der Waals surface area contributed by atoms with E-state index in [2.05, 4.69) is 20.2 Å². The quantitative estimate of drug-likeness (QED) is 0.664. The molecule has 2 aromatic rings. The summed E-state index contributed by atoms with van der Waals surface area (Å²) in [6.45, 7) is 0.656. The number of aromatic nitrogens is 4. The second-order valence-corrected chi connectivity index (χ2v) is 6.01. The van der Waals surface area contributed by atoms with Crippen LogP contribution in [0.15, 0.2) is 11.4 Å². The van der Waals surface area contributed by atoms with E-state index >= 15 is 0 Å². The molecule has 102 valence electrons. The predicted octanol–water partition coefficient (Wildman–Crippen LogP) is 2.24. The van der Waals surface area contributed by atoms with Gasteiger partial charge < -0.3 is 5.73 Å². The molecular weight excluding hydrogens is 258 g/mol. The Morgan fingerprint density at radius 1 is 1.37 bits per heavy atom. The van der Waals surface area contributed by atoms with E-state index < -0.39 is 0 Å². The lowest BCUT2D eigenvalue weighted by Gasteiger charge is -2.35. The molecule has 0 radical (unpaired) electrons. The highest BCUT2D eigenvalue weighted by atomic mass is 32.2. The minimum Gasteiger partial charge on any atom is -0.330 e. The monoisotopic (exact) mass is 277 g/mol. The Hall–Kier alpha value is -1.14. The zero-order chi connectivity index (χ0) is 13.3. The molecule has 1 fully saturated rings. The van der Waals surface area contributed by atoms with E-state index in [0.717, 1.165) is 34.7 Å². The summed E-state index contributed by atoms with van der Waals surface area (Å²) in [5.74, 6) is 0. The summed E-state index contributed by atoms with van der Waals surface area (Å²) >= 11 is 1.55. The van der Waals surface area contributed by atoms with Gasteiger partial charge in [0.1, 0.15) is 11.0 Å². The maximum Gasteiger partial charge on any atom is 0.187 e. The van der Waals surface area contributed by atoms with Crippen molar-refractivity contribution in [2.24, 2.45) is 5.73 Å². The van der Waals surface area contributed by atoms with Crippen molar-refractivity contribution in [1.29, 1.82) is 0 Å². The van der Waals surface area contributed by atoms with Crippen LogP contribution in [0.5, 0.6) is 0 Å². The summed E-state index contributed by atoms with van der Waals surface area (Å²) in [5, 5.41) is 8.32. The third kappa shape index (κ3) is 2.12. The molecule has 0 atom stereocenters. The van der Waals surface area contributed by atoms with Crippen molar-refractivity contribution in [1.82, 2.24) is 20.2 Å². The molecule has 1 saturated carbocycles. The lowest BCUT2D eigenvalue weighted by Crippen LogP contribution is -2.37. The number of hydrogen-bond acceptors (Lipinski definition) is 5. The molecule has 0 amide bonds. The predicted molar refractivity (Wildman–Crippen MR) is 77.3 cm³/mol. The SMILES string of the molecule is CSc1ncc2n[nH]c(C3(CN)CCCCC3)c2n1. The summed E-state index contributed by atoms with van der Waals surface area (Å²) in [6.07, 6.45) is 9.80. The van der Waals surface area contributed by atoms with Crippen LogP contribution < -0.4 is 5.73 Å². The fourth-order valence-electron chi connectivity index (χ4n) is 3.05. The smallest absolute Gasteiger partial charge is 0.187 e. The third-order valence-electron chi connectivity index (χ3n) is 4.19. The highest BCUT2D eigenvalue weighted by Gasteiger charge is 2.36. The van der Waals surface area contributed by atoms with Gasteiger partial charge in [-0.25, -0.2) is 9.97 Å². The zero-order valence-corrected chi connectivity index (χ0v) is 12.0. The van der Waals surface area contributed by atoms with Crippen molar-refractivity contribution < 1.29 is 0 Å². The minimum atomic E-state index is 0.0248. The summed E-state index contributed by atoms with van der Waals surface area (Å²) in [6, 6.07) is 0. The van der Waals surface area contributed by atoms with Crippen LogP contribution in [0.25, 0.3) is 11.0 Å². The van der Waals surface area contributed by atoms with E-state index in [0.29, 0.717) is 6.54 Å². The number of rotatable bonds is 3. The largest absolute Gasteiger partial charge is 0.330 e. The molecule has 3 N–H and O–H groups in total. The molecule has 6 heteroatoms. The fraction of sp³-hybridized carbons (Fsp3) is 0.615. The van der Waals surface area contributed by atoms with Gasteiger partial charge in [-0.05, 0) is 19.1 Å². The minimum absolute atomic E-state index is 0.0248. The van der Waals surface area contributed by atoms with Gasteiger partial charge in [0.25, 0.3) is 0 Å². The Bertz CT molecular complexity index is 573. The molecule has 0 saturated heterocycles. The molecule has 3 rings (SSSR count). The lowest BCUT2D eigenvalue weighted by molar-refractivity contribution is 0.295. The number of hydrogen-bond donors (Lipinski definition) is 2. The van der Waals surface area contributed by atoms with Gasteiger partial charge in [-0.1, -0.05) is 31.0 Å². The first-order valence-corrected chi connectivity index (χ1v) is 7.97. The topological polar surface area (TPSA) is 80.5 Å². The summed E-state index contributed by atoms with van der Waals surface area (Å²) in [4.78, 5) is 8.89. The second-order valence-electron chi connectivity index (χ2n) is 5.23. The lowest BCUT2D eigenvalue weighted by atomic mass is 9.71. The molecule has 0 spiro atoms. The fourth-order valence-corrected chi connectivity index (χ4v) is 3.39. The number of aromatic amines is 1. The van der Waals surface area contributed by atoms with Gasteiger partial charge in [-0.15, -0.1) is 0 Å². The Balaban J connectivity index is 2.12. The average molecular weight is 277 g/mol. The standard InChI is InChI=1S/C13H19N5S/c1-19-12-15-7-9-10(16-12)11(18-17-9)13(8-14)5-3-2-4-6-13/h7H,2-6,8,14H2,1H3,(H,17,18). The Kier molecular flexibility index (Phi) is 3.45. The number of H-pyrrole nitrogens is 1. The van der Waals surface area contributed by atoms with Crippen molar-refractivity contribution in [3.05, 3.63) is 11.9 Å². The summed E-state index contributed by atoms with van der Waals surface area (Å²) in [7, 11) is 0. The number of thioether (sulfide) groups is 1. The summed E-state index contributed by atoms with van der Waals surface area (Å²) < 4.78 is 0. The number of fused-ring (bicyclic) bond motifs is 1. The van der Waals surface area contributed by atoms with Crippen LogP contribution >= 0.6 is 11.8 Å². The van der Waals surface area contributed by atoms with E-state index in [1.165, 1.54) is 19.3 Å². The van der Waals surface area contributed by atoms with Crippen LogP contribution in [-0.4, -0.2) is 33.0 Å². The zero-order valence-electron chi connectivity index (χ0n) is 11.1. The number of nitrogens with one attached hydrogen (secondary N) is 1. The molecule has 0 aliphatic heterocycles. The molecule has 0 aromatic carbocycles. The van der Waals surface area contributed by atoms with Gasteiger partial charge in [0.15, 0.2) is 5.16 Å². The van der Waals surface area contributed by atoms with Gasteiger partial charge >= 0.3 is 0 Å². The maximum absolute atomic E-state index is 6.09. The van der Waals surface area contributed by atoms with Crippen molar-refractivity contribution in [3.8, 4) is 0 Å². The number of nitrogens with zero attached hydrogens (tertiary/aromatic N) is 3. The Morgan fingerprint density at radius 3 is 2.84 bits per heavy atom. The van der Waals surface area contributed by atoms with Gasteiger partial charge in [-0.3, -0.25) is 5.10 Å². The first kappa shape index (κ1) is 12.9. The van der Waals surface area contributed by atoms with Crippen LogP contribution in [0.3, 0.4) is 0 Å². The first-order chi connectivity index (χ1) is 9.29. The molecule has 0 unspecified atom stereocenters. The van der Waals surface area contributed by atoms with Crippen LogP contribution in [0.4, 0.5) is 0 Å². The maximum atomic E-state index is 6.09. The molecule has 0 bridgehead atoms. The molecule has 2 heterocycles. The van der Waals surface area contributed by atoms with Crippen LogP contribution in [0.1, 0.15) is 37.8 Å². The van der Waals surface area contributed by atoms with E-state index in [1.807, 2.05) is 6.26 Å². The highest BCUT2D eigenvalue weighted by Crippen LogP contribution is 2.40. The van der Waals surface area contributed by atoms with Crippen molar-refractivity contribution in [3.63, 3.8) is 0 Å². The third-order valence-corrected chi connectivity index (χ3v) is 4.75. The highest BCUT2D eigenvalue weighted by molar-refractivity contribution is 7.98. The normalized spacial score (nSPS) is 18.8. The van der Waals surface area contributed by atoms with Gasteiger partial charge in [0, 0.05) is 12.0 Å². The molecule has 1 aliphatic rings. The average Bonchev–Trinajstić information content (AvgIpc) is 2.91. The second kappa shape index (κ2) is 5.09. The molecule has 2 aromatic heterocycles. The van der Waals surface area contributed by atoms with E-state index in [-0.39, 0.29) is 5.41 Å². The van der Waals surface area contributed by atoms with E-state index in [4.69, 9.17) is 5.73 Å². The molecule has 5 nitrogen and oxygen atoms in total. The van der Waals surface area contributed by atoms with Gasteiger partial charge in [-0.2, -0.15) is 5.10 Å². The van der Waals surface area contributed by atoms with Gasteiger partial charge in [0.05, 0.1) is 11.9 Å². The Morgan fingerprint density at radius 2 is 2.16 bits per heavy atom. The van der Waals surface area contributed by atoms with E-state index in [9.17, 15) is 0 Å². The van der Waals surface area contributed by atoms with E-state index in [1.54, 1.807) is 18.0 Å².